The van der Waals surface area contributed by atoms with Gasteiger partial charge in [0.2, 0.25) is 5.91 Å². The molecule has 0 saturated carbocycles. The number of nitrogens with zero attached hydrogens (tertiary/aromatic N) is 2. The number of carboxylic acids is 1. The van der Waals surface area contributed by atoms with Crippen LogP contribution in [0.15, 0.2) is 83.7 Å². The highest BCUT2D eigenvalue weighted by atomic mass is 35.5. The molecule has 1 aliphatic carbocycles. The highest BCUT2D eigenvalue weighted by Crippen LogP contribution is 2.47. The number of rotatable bonds is 10. The SMILES string of the molecule is CCCCN(C(=O)CN1C[C@H](C2=CC=C3OCC=C3C2)[C@H](C(=O)O)[C@H]1c1ccc(OC)cc1)c1cccc(Cl)c1. The highest BCUT2D eigenvalue weighted by Gasteiger charge is 2.49. The molecule has 7 nitrogen and oxygen atoms in total. The van der Waals surface area contributed by atoms with Gasteiger partial charge in [0.25, 0.3) is 0 Å². The van der Waals surface area contributed by atoms with Crippen molar-refractivity contribution in [1.29, 1.82) is 0 Å². The maximum Gasteiger partial charge on any atom is 0.309 e. The van der Waals surface area contributed by atoms with Gasteiger partial charge in [-0.3, -0.25) is 14.5 Å². The Morgan fingerprint density at radius 3 is 2.67 bits per heavy atom. The van der Waals surface area contributed by atoms with Crippen LogP contribution in [0, 0.1) is 11.8 Å². The molecule has 1 N–H and O–H groups in total. The molecule has 2 heterocycles. The quantitative estimate of drug-likeness (QED) is 0.381. The number of likely N-dealkylation sites (tertiary alicyclic amines) is 1. The molecule has 3 aliphatic rings. The van der Waals surface area contributed by atoms with Crippen LogP contribution in [0.4, 0.5) is 5.69 Å². The summed E-state index contributed by atoms with van der Waals surface area (Å²) >= 11 is 6.28. The molecule has 1 fully saturated rings. The van der Waals surface area contributed by atoms with Gasteiger partial charge in [-0.15, -0.1) is 0 Å². The Hall–Kier alpha value is -3.55. The van der Waals surface area contributed by atoms with Crippen LogP contribution in [0.5, 0.6) is 5.75 Å². The summed E-state index contributed by atoms with van der Waals surface area (Å²) in [7, 11) is 1.60. The average molecular weight is 563 g/mol. The smallest absolute Gasteiger partial charge is 0.309 e. The maximum atomic E-state index is 13.9. The summed E-state index contributed by atoms with van der Waals surface area (Å²) in [4.78, 5) is 30.7. The number of allylic oxidation sites excluding steroid dienone is 3. The van der Waals surface area contributed by atoms with E-state index in [4.69, 9.17) is 21.1 Å². The van der Waals surface area contributed by atoms with E-state index in [9.17, 15) is 14.7 Å². The molecule has 0 bridgehead atoms. The number of anilines is 1. The standard InChI is InChI=1S/C32H35ClN2O5/c1-3-4-15-35(25-7-5-6-24(33)18-25)29(36)20-34-19-27(22-10-13-28-23(17-22)14-16-40-28)30(32(37)38)31(34)21-8-11-26(39-2)12-9-21/h5-14,18,27,30-31H,3-4,15-17,19-20H2,1-2H3,(H,37,38)/t27-,30+,31-/m1/s1. The first-order valence-electron chi connectivity index (χ1n) is 13.8. The number of hydrogen-bond donors (Lipinski definition) is 1. The Morgan fingerprint density at radius 2 is 1.98 bits per heavy atom. The predicted octanol–water partition coefficient (Wildman–Crippen LogP) is 6.03. The van der Waals surface area contributed by atoms with Gasteiger partial charge in [-0.05, 0) is 66.5 Å². The van der Waals surface area contributed by atoms with E-state index < -0.39 is 17.9 Å². The number of halogens is 1. The fourth-order valence-corrected chi connectivity index (χ4v) is 6.22. The van der Waals surface area contributed by atoms with Crippen molar-refractivity contribution < 1.29 is 24.2 Å². The molecule has 1 amide bonds. The summed E-state index contributed by atoms with van der Waals surface area (Å²) in [5, 5.41) is 11.1. The van der Waals surface area contributed by atoms with E-state index in [1.165, 1.54) is 0 Å². The van der Waals surface area contributed by atoms with Crippen molar-refractivity contribution in [1.82, 2.24) is 4.90 Å². The predicted molar refractivity (Wildman–Crippen MR) is 155 cm³/mol. The summed E-state index contributed by atoms with van der Waals surface area (Å²) < 4.78 is 11.0. The highest BCUT2D eigenvalue weighted by molar-refractivity contribution is 6.30. The first-order valence-corrected chi connectivity index (χ1v) is 14.2. The Bertz CT molecular complexity index is 1350. The number of carbonyl (C=O) groups excluding carboxylic acids is 1. The van der Waals surface area contributed by atoms with Crippen molar-refractivity contribution in [2.45, 2.75) is 32.2 Å². The molecule has 3 atom stereocenters. The van der Waals surface area contributed by atoms with E-state index in [2.05, 4.69) is 13.0 Å². The molecule has 0 spiro atoms. The van der Waals surface area contributed by atoms with Crippen molar-refractivity contribution in [3.05, 3.63) is 94.3 Å². The van der Waals surface area contributed by atoms with E-state index in [1.54, 1.807) is 24.1 Å². The van der Waals surface area contributed by atoms with Crippen LogP contribution in [0.3, 0.4) is 0 Å². The van der Waals surface area contributed by atoms with Crippen LogP contribution in [-0.2, 0) is 14.3 Å². The Labute approximate surface area is 240 Å². The van der Waals surface area contributed by atoms with Gasteiger partial charge in [0.1, 0.15) is 18.1 Å². The van der Waals surface area contributed by atoms with Gasteiger partial charge < -0.3 is 19.5 Å². The fourth-order valence-electron chi connectivity index (χ4n) is 6.04. The van der Waals surface area contributed by atoms with Crippen LogP contribution in [0.2, 0.25) is 5.02 Å². The number of hydrogen-bond acceptors (Lipinski definition) is 5. The number of benzene rings is 2. The first-order chi connectivity index (χ1) is 19.4. The number of carbonyl (C=O) groups is 2. The number of ether oxygens (including phenoxy) is 2. The maximum absolute atomic E-state index is 13.9. The first kappa shape index (κ1) is 28.0. The Kier molecular flexibility index (Phi) is 8.62. The van der Waals surface area contributed by atoms with Crippen LogP contribution in [0.25, 0.3) is 0 Å². The normalized spacial score (nSPS) is 22.1. The molecular weight excluding hydrogens is 528 g/mol. The summed E-state index contributed by atoms with van der Waals surface area (Å²) in [6.07, 6.45) is 8.45. The van der Waals surface area contributed by atoms with Gasteiger partial charge in [0, 0.05) is 35.8 Å². The number of carboxylic acid groups (broad SMARTS) is 1. The number of methoxy groups -OCH3 is 1. The lowest BCUT2D eigenvalue weighted by atomic mass is 9.79. The Balaban J connectivity index is 1.49. The molecule has 2 aliphatic heterocycles. The van der Waals surface area contributed by atoms with E-state index in [0.717, 1.165) is 41.0 Å². The van der Waals surface area contributed by atoms with Crippen LogP contribution in [0.1, 0.15) is 37.8 Å². The van der Waals surface area contributed by atoms with Gasteiger partial charge in [-0.25, -0.2) is 0 Å². The molecule has 2 aromatic rings. The minimum atomic E-state index is -0.870. The molecule has 40 heavy (non-hydrogen) atoms. The number of fused-ring (bicyclic) bond motifs is 1. The van der Waals surface area contributed by atoms with Gasteiger partial charge in [0.05, 0.1) is 19.6 Å². The van der Waals surface area contributed by atoms with Crippen molar-refractivity contribution in [3.8, 4) is 5.75 Å². The summed E-state index contributed by atoms with van der Waals surface area (Å²) in [5.41, 5.74) is 3.75. The molecular formula is C32H35ClN2O5. The van der Waals surface area contributed by atoms with Crippen LogP contribution in [-0.4, -0.2) is 55.2 Å². The lowest BCUT2D eigenvalue weighted by Gasteiger charge is -2.30. The Morgan fingerprint density at radius 1 is 1.18 bits per heavy atom. The van der Waals surface area contributed by atoms with E-state index in [0.29, 0.717) is 36.9 Å². The molecule has 2 aromatic carbocycles. The molecule has 5 rings (SSSR count). The lowest BCUT2D eigenvalue weighted by Crippen LogP contribution is -2.41. The zero-order valence-electron chi connectivity index (χ0n) is 22.9. The zero-order valence-corrected chi connectivity index (χ0v) is 23.6. The number of amides is 1. The molecule has 0 unspecified atom stereocenters. The van der Waals surface area contributed by atoms with E-state index >= 15 is 0 Å². The molecule has 210 valence electrons. The molecule has 0 radical (unpaired) electrons. The third-order valence-corrected chi connectivity index (χ3v) is 8.28. The van der Waals surface area contributed by atoms with Crippen LogP contribution >= 0.6 is 11.6 Å². The summed E-state index contributed by atoms with van der Waals surface area (Å²) in [6, 6.07) is 14.3. The monoisotopic (exact) mass is 562 g/mol. The van der Waals surface area contributed by atoms with Crippen molar-refractivity contribution >= 4 is 29.2 Å². The molecule has 1 saturated heterocycles. The number of aliphatic carboxylic acids is 1. The number of unbranched alkanes of at least 4 members (excludes halogenated alkanes) is 1. The topological polar surface area (TPSA) is 79.3 Å². The van der Waals surface area contributed by atoms with Gasteiger partial charge >= 0.3 is 5.97 Å². The largest absolute Gasteiger partial charge is 0.497 e. The van der Waals surface area contributed by atoms with E-state index in [-0.39, 0.29) is 18.4 Å². The third kappa shape index (κ3) is 5.81. The van der Waals surface area contributed by atoms with Crippen molar-refractivity contribution in [3.63, 3.8) is 0 Å². The van der Waals surface area contributed by atoms with Crippen molar-refractivity contribution in [2.75, 3.05) is 38.3 Å². The second kappa shape index (κ2) is 12.3. The van der Waals surface area contributed by atoms with Crippen molar-refractivity contribution in [2.24, 2.45) is 11.8 Å². The average Bonchev–Trinajstić information content (AvgIpc) is 3.58. The van der Waals surface area contributed by atoms with Crippen LogP contribution < -0.4 is 9.64 Å². The second-order valence-corrected chi connectivity index (χ2v) is 10.9. The van der Waals surface area contributed by atoms with Gasteiger partial charge in [-0.1, -0.05) is 54.8 Å². The molecule has 8 heteroatoms. The summed E-state index contributed by atoms with van der Waals surface area (Å²) in [5.74, 6) is -0.371. The van der Waals surface area contributed by atoms with E-state index in [1.807, 2.05) is 53.5 Å². The second-order valence-electron chi connectivity index (χ2n) is 10.5. The summed E-state index contributed by atoms with van der Waals surface area (Å²) in [6.45, 7) is 3.75. The minimum Gasteiger partial charge on any atom is -0.497 e. The van der Waals surface area contributed by atoms with Gasteiger partial charge in [-0.2, -0.15) is 0 Å². The zero-order chi connectivity index (χ0) is 28.2. The third-order valence-electron chi connectivity index (χ3n) is 8.04. The lowest BCUT2D eigenvalue weighted by molar-refractivity contribution is -0.143. The van der Waals surface area contributed by atoms with Gasteiger partial charge in [0.15, 0.2) is 0 Å². The minimum absolute atomic E-state index is 0.0780. The fraction of sp³-hybridized carbons (Fsp3) is 0.375. The molecule has 0 aromatic heterocycles.